The highest BCUT2D eigenvalue weighted by atomic mass is 14.9. The first-order valence-corrected chi connectivity index (χ1v) is 8.07. The summed E-state index contributed by atoms with van der Waals surface area (Å²) >= 11 is 0. The van der Waals surface area contributed by atoms with E-state index in [4.69, 9.17) is 5.26 Å². The maximum atomic E-state index is 8.90. The van der Waals surface area contributed by atoms with E-state index in [1.807, 2.05) is 24.3 Å². The zero-order chi connectivity index (χ0) is 17.1. The summed E-state index contributed by atoms with van der Waals surface area (Å²) in [5.74, 6) is 0. The maximum absolute atomic E-state index is 8.90. The van der Waals surface area contributed by atoms with E-state index >= 15 is 0 Å². The van der Waals surface area contributed by atoms with Gasteiger partial charge < -0.3 is 5.32 Å². The summed E-state index contributed by atoms with van der Waals surface area (Å²) in [4.78, 5) is 0. The topological polar surface area (TPSA) is 35.8 Å². The standard InChI is InChI=1S/C21H26N2/c1-20(2,3)17-10-12-19(13-11-17)23-15-21(4,5)18-8-6-16(14-22)7-9-18/h6-13,23H,15H2,1-5H3. The van der Waals surface area contributed by atoms with Gasteiger partial charge in [-0.3, -0.25) is 0 Å². The number of hydrogen-bond acceptors (Lipinski definition) is 2. The molecule has 0 fully saturated rings. The molecule has 1 N–H and O–H groups in total. The van der Waals surface area contributed by atoms with Crippen LogP contribution >= 0.6 is 0 Å². The minimum absolute atomic E-state index is 0.00329. The summed E-state index contributed by atoms with van der Waals surface area (Å²) < 4.78 is 0. The van der Waals surface area contributed by atoms with E-state index in [1.54, 1.807) is 0 Å². The van der Waals surface area contributed by atoms with Crippen molar-refractivity contribution in [2.75, 3.05) is 11.9 Å². The fourth-order valence-electron chi connectivity index (χ4n) is 2.51. The molecule has 0 bridgehead atoms. The third-order valence-corrected chi connectivity index (χ3v) is 4.28. The van der Waals surface area contributed by atoms with Crippen LogP contribution in [0.3, 0.4) is 0 Å². The van der Waals surface area contributed by atoms with Crippen molar-refractivity contribution in [3.8, 4) is 6.07 Å². The van der Waals surface area contributed by atoms with Crippen LogP contribution in [-0.4, -0.2) is 6.54 Å². The van der Waals surface area contributed by atoms with Crippen molar-refractivity contribution >= 4 is 5.69 Å². The minimum Gasteiger partial charge on any atom is -0.384 e. The van der Waals surface area contributed by atoms with Gasteiger partial charge in [0.05, 0.1) is 11.6 Å². The second-order valence-electron chi connectivity index (χ2n) is 7.75. The third-order valence-electron chi connectivity index (χ3n) is 4.28. The molecule has 2 heteroatoms. The molecule has 0 saturated carbocycles. The molecule has 0 aliphatic heterocycles. The van der Waals surface area contributed by atoms with Gasteiger partial charge in [-0.2, -0.15) is 5.26 Å². The van der Waals surface area contributed by atoms with Crippen LogP contribution in [0.5, 0.6) is 0 Å². The van der Waals surface area contributed by atoms with Gasteiger partial charge in [0.15, 0.2) is 0 Å². The number of nitrogens with one attached hydrogen (secondary N) is 1. The van der Waals surface area contributed by atoms with E-state index < -0.39 is 0 Å². The predicted octanol–water partition coefficient (Wildman–Crippen LogP) is 5.25. The largest absolute Gasteiger partial charge is 0.384 e. The monoisotopic (exact) mass is 306 g/mol. The van der Waals surface area contributed by atoms with E-state index in [0.29, 0.717) is 5.56 Å². The van der Waals surface area contributed by atoms with Gasteiger partial charge in [0.2, 0.25) is 0 Å². The molecule has 0 saturated heterocycles. The van der Waals surface area contributed by atoms with Crippen LogP contribution in [0, 0.1) is 11.3 Å². The number of nitriles is 1. The molecule has 120 valence electrons. The lowest BCUT2D eigenvalue weighted by Gasteiger charge is -2.26. The highest BCUT2D eigenvalue weighted by Gasteiger charge is 2.20. The zero-order valence-electron chi connectivity index (χ0n) is 14.8. The Labute approximate surface area is 140 Å². The molecule has 0 heterocycles. The molecule has 0 spiro atoms. The molecule has 2 aromatic carbocycles. The summed E-state index contributed by atoms with van der Waals surface area (Å²) in [6, 6.07) is 18.7. The maximum Gasteiger partial charge on any atom is 0.0991 e. The molecule has 0 radical (unpaired) electrons. The average molecular weight is 306 g/mol. The summed E-state index contributed by atoms with van der Waals surface area (Å²) in [6.07, 6.45) is 0. The molecular formula is C21H26N2. The first-order chi connectivity index (χ1) is 10.7. The molecule has 0 atom stereocenters. The van der Waals surface area contributed by atoms with Crippen molar-refractivity contribution in [3.63, 3.8) is 0 Å². The van der Waals surface area contributed by atoms with Gasteiger partial charge in [0.25, 0.3) is 0 Å². The van der Waals surface area contributed by atoms with Gasteiger partial charge in [-0.1, -0.05) is 58.9 Å². The van der Waals surface area contributed by atoms with Gasteiger partial charge in [-0.05, 0) is 40.8 Å². The molecule has 23 heavy (non-hydrogen) atoms. The third kappa shape index (κ3) is 4.36. The van der Waals surface area contributed by atoms with Crippen LogP contribution in [-0.2, 0) is 10.8 Å². The lowest BCUT2D eigenvalue weighted by atomic mass is 9.84. The van der Waals surface area contributed by atoms with E-state index in [9.17, 15) is 0 Å². The Kier molecular flexibility index (Phi) is 4.80. The predicted molar refractivity (Wildman–Crippen MR) is 97.8 cm³/mol. The van der Waals surface area contributed by atoms with Gasteiger partial charge in [0.1, 0.15) is 0 Å². The van der Waals surface area contributed by atoms with Crippen LogP contribution in [0.1, 0.15) is 51.3 Å². The van der Waals surface area contributed by atoms with Crippen LogP contribution in [0.15, 0.2) is 48.5 Å². The van der Waals surface area contributed by atoms with Crippen molar-refractivity contribution in [1.29, 1.82) is 5.26 Å². The van der Waals surface area contributed by atoms with Crippen molar-refractivity contribution in [2.45, 2.75) is 45.4 Å². The highest BCUT2D eigenvalue weighted by Crippen LogP contribution is 2.26. The molecule has 0 amide bonds. The van der Waals surface area contributed by atoms with E-state index in [-0.39, 0.29) is 10.8 Å². The summed E-state index contributed by atoms with van der Waals surface area (Å²) in [5.41, 5.74) is 4.59. The molecular weight excluding hydrogens is 280 g/mol. The Morgan fingerprint density at radius 2 is 1.35 bits per heavy atom. The van der Waals surface area contributed by atoms with Crippen LogP contribution < -0.4 is 5.32 Å². The Balaban J connectivity index is 2.05. The SMILES string of the molecule is CC(C)(C)c1ccc(NCC(C)(C)c2ccc(C#N)cc2)cc1. The van der Waals surface area contributed by atoms with Gasteiger partial charge in [-0.25, -0.2) is 0 Å². The fraction of sp³-hybridized carbons (Fsp3) is 0.381. The van der Waals surface area contributed by atoms with Gasteiger partial charge >= 0.3 is 0 Å². The Morgan fingerprint density at radius 3 is 1.83 bits per heavy atom. The van der Waals surface area contributed by atoms with E-state index in [1.165, 1.54) is 11.1 Å². The molecule has 2 rings (SSSR count). The summed E-state index contributed by atoms with van der Waals surface area (Å²) in [6.45, 7) is 11.9. The van der Waals surface area contributed by atoms with Gasteiger partial charge in [-0.15, -0.1) is 0 Å². The smallest absolute Gasteiger partial charge is 0.0991 e. The number of rotatable bonds is 4. The highest BCUT2D eigenvalue weighted by molar-refractivity contribution is 5.47. The summed E-state index contributed by atoms with van der Waals surface area (Å²) in [7, 11) is 0. The Hall–Kier alpha value is -2.27. The van der Waals surface area contributed by atoms with Crippen molar-refractivity contribution in [1.82, 2.24) is 0 Å². The van der Waals surface area contributed by atoms with E-state index in [0.717, 1.165) is 12.2 Å². The average Bonchev–Trinajstić information content (AvgIpc) is 2.53. The number of hydrogen-bond donors (Lipinski definition) is 1. The fourth-order valence-corrected chi connectivity index (χ4v) is 2.51. The van der Waals surface area contributed by atoms with Crippen LogP contribution in [0.25, 0.3) is 0 Å². The molecule has 0 unspecified atom stereocenters. The summed E-state index contributed by atoms with van der Waals surface area (Å²) in [5, 5.41) is 12.4. The number of benzene rings is 2. The van der Waals surface area contributed by atoms with Gasteiger partial charge in [0, 0.05) is 17.6 Å². The lowest BCUT2D eigenvalue weighted by molar-refractivity contribution is 0.557. The second kappa shape index (κ2) is 6.46. The minimum atomic E-state index is -0.00329. The number of nitrogens with zero attached hydrogens (tertiary/aromatic N) is 1. The Bertz CT molecular complexity index is 681. The molecule has 0 aliphatic rings. The number of anilines is 1. The molecule has 2 nitrogen and oxygen atoms in total. The first kappa shape index (κ1) is 17.1. The zero-order valence-corrected chi connectivity index (χ0v) is 14.8. The second-order valence-corrected chi connectivity index (χ2v) is 7.75. The first-order valence-electron chi connectivity index (χ1n) is 8.07. The van der Waals surface area contributed by atoms with Crippen LogP contribution in [0.2, 0.25) is 0 Å². The molecule has 0 aliphatic carbocycles. The quantitative estimate of drug-likeness (QED) is 0.838. The Morgan fingerprint density at radius 1 is 0.826 bits per heavy atom. The molecule has 2 aromatic rings. The van der Waals surface area contributed by atoms with Crippen molar-refractivity contribution < 1.29 is 0 Å². The molecule has 0 aromatic heterocycles. The van der Waals surface area contributed by atoms with Crippen LogP contribution in [0.4, 0.5) is 5.69 Å². The van der Waals surface area contributed by atoms with Crippen molar-refractivity contribution in [2.24, 2.45) is 0 Å². The normalized spacial score (nSPS) is 11.8. The lowest BCUT2D eigenvalue weighted by Crippen LogP contribution is -2.27. The van der Waals surface area contributed by atoms with E-state index in [2.05, 4.69) is 70.3 Å². The van der Waals surface area contributed by atoms with Crippen molar-refractivity contribution in [3.05, 3.63) is 65.2 Å².